The van der Waals surface area contributed by atoms with Crippen LogP contribution in [0.2, 0.25) is 10.0 Å². The number of hydrogen-bond donors (Lipinski definition) is 1. The second kappa shape index (κ2) is 11.7. The molecule has 1 saturated carbocycles. The highest BCUT2D eigenvalue weighted by molar-refractivity contribution is 7.91. The van der Waals surface area contributed by atoms with Crippen molar-refractivity contribution >= 4 is 38.9 Å². The molecule has 170 valence electrons. The van der Waals surface area contributed by atoms with Crippen molar-refractivity contribution in [1.29, 1.82) is 0 Å². The molecule has 0 aromatic heterocycles. The molecule has 1 atom stereocenters. The van der Waals surface area contributed by atoms with E-state index in [1.807, 2.05) is 19.1 Å². The molecule has 1 aliphatic carbocycles. The average molecular weight is 477 g/mol. The van der Waals surface area contributed by atoms with Gasteiger partial charge in [0.05, 0.1) is 21.6 Å². The van der Waals surface area contributed by atoms with E-state index in [9.17, 15) is 13.2 Å². The van der Waals surface area contributed by atoms with Crippen molar-refractivity contribution in [2.24, 2.45) is 5.92 Å². The van der Waals surface area contributed by atoms with E-state index in [1.54, 1.807) is 0 Å². The number of halogens is 2. The SMILES string of the molecule is CCCCS(=O)(=O)CCCC(=O)NCCC(C)CC1(c2ccc(Cl)c(Cl)c2)CCC1. The second-order valence-corrected chi connectivity index (χ2v) is 11.9. The summed E-state index contributed by atoms with van der Waals surface area (Å²) in [5.41, 5.74) is 1.44. The third kappa shape index (κ3) is 7.72. The van der Waals surface area contributed by atoms with Crippen molar-refractivity contribution in [2.75, 3.05) is 18.1 Å². The number of sulfone groups is 1. The molecule has 0 aliphatic heterocycles. The lowest BCUT2D eigenvalue weighted by atomic mass is 9.60. The van der Waals surface area contributed by atoms with E-state index < -0.39 is 9.84 Å². The number of amides is 1. The van der Waals surface area contributed by atoms with Crippen LogP contribution in [0.4, 0.5) is 0 Å². The first-order valence-corrected chi connectivity index (χ1v) is 13.7. The van der Waals surface area contributed by atoms with Crippen molar-refractivity contribution in [2.45, 2.75) is 77.0 Å². The maximum atomic E-state index is 12.0. The summed E-state index contributed by atoms with van der Waals surface area (Å²) in [6, 6.07) is 5.98. The Hall–Kier alpha value is -0.780. The molecular formula is C23H35Cl2NO3S. The van der Waals surface area contributed by atoms with Gasteiger partial charge in [-0.3, -0.25) is 4.79 Å². The minimum atomic E-state index is -3.02. The predicted molar refractivity (Wildman–Crippen MR) is 126 cm³/mol. The highest BCUT2D eigenvalue weighted by Crippen LogP contribution is 2.49. The van der Waals surface area contributed by atoms with Gasteiger partial charge in [-0.1, -0.05) is 56.0 Å². The fourth-order valence-corrected chi connectivity index (χ4v) is 6.09. The van der Waals surface area contributed by atoms with Gasteiger partial charge in [-0.25, -0.2) is 8.42 Å². The molecule has 1 N–H and O–H groups in total. The summed E-state index contributed by atoms with van der Waals surface area (Å²) in [5, 5.41) is 4.14. The Balaban J connectivity index is 1.72. The Kier molecular flexibility index (Phi) is 9.96. The zero-order valence-electron chi connectivity index (χ0n) is 18.2. The number of unbranched alkanes of at least 4 members (excludes halogenated alkanes) is 1. The molecule has 1 aromatic carbocycles. The van der Waals surface area contributed by atoms with Crippen LogP contribution in [0.1, 0.15) is 77.2 Å². The normalized spacial score (nSPS) is 16.7. The van der Waals surface area contributed by atoms with E-state index in [2.05, 4.69) is 18.3 Å². The molecule has 1 aliphatic rings. The zero-order valence-corrected chi connectivity index (χ0v) is 20.5. The summed E-state index contributed by atoms with van der Waals surface area (Å²) in [6.45, 7) is 4.82. The topological polar surface area (TPSA) is 63.2 Å². The first-order chi connectivity index (χ1) is 14.2. The second-order valence-electron chi connectivity index (χ2n) is 8.82. The minimum absolute atomic E-state index is 0.0595. The Morgan fingerprint density at radius 1 is 1.17 bits per heavy atom. The Morgan fingerprint density at radius 3 is 2.47 bits per heavy atom. The number of carbonyl (C=O) groups is 1. The molecule has 7 heteroatoms. The van der Waals surface area contributed by atoms with Crippen molar-refractivity contribution in [3.05, 3.63) is 33.8 Å². The van der Waals surface area contributed by atoms with Crippen molar-refractivity contribution in [1.82, 2.24) is 5.32 Å². The molecule has 1 amide bonds. The average Bonchev–Trinajstić information content (AvgIpc) is 2.65. The van der Waals surface area contributed by atoms with Gasteiger partial charge in [0.2, 0.25) is 5.91 Å². The fourth-order valence-electron chi connectivity index (χ4n) is 4.27. The van der Waals surface area contributed by atoms with Crippen LogP contribution in [0, 0.1) is 5.92 Å². The van der Waals surface area contributed by atoms with E-state index in [0.717, 1.165) is 32.1 Å². The summed E-state index contributed by atoms with van der Waals surface area (Å²) in [6.07, 6.45) is 7.74. The number of hydrogen-bond acceptors (Lipinski definition) is 3. The van der Waals surface area contributed by atoms with Crippen LogP contribution in [0.3, 0.4) is 0 Å². The highest BCUT2D eigenvalue weighted by atomic mass is 35.5. The van der Waals surface area contributed by atoms with Gasteiger partial charge in [-0.15, -0.1) is 0 Å². The molecule has 1 aromatic rings. The Morgan fingerprint density at radius 2 is 1.87 bits per heavy atom. The third-order valence-corrected chi connectivity index (χ3v) is 8.77. The Labute approximate surface area is 192 Å². The molecular weight excluding hydrogens is 441 g/mol. The molecule has 1 unspecified atom stereocenters. The van der Waals surface area contributed by atoms with E-state index in [1.165, 1.54) is 12.0 Å². The van der Waals surface area contributed by atoms with E-state index in [4.69, 9.17) is 23.2 Å². The summed E-state index contributed by atoms with van der Waals surface area (Å²) in [4.78, 5) is 12.0. The van der Waals surface area contributed by atoms with Crippen LogP contribution in [-0.2, 0) is 20.0 Å². The van der Waals surface area contributed by atoms with Crippen molar-refractivity contribution < 1.29 is 13.2 Å². The quantitative estimate of drug-likeness (QED) is 0.383. The summed E-state index contributed by atoms with van der Waals surface area (Å²) in [7, 11) is -3.02. The molecule has 0 bridgehead atoms. The summed E-state index contributed by atoms with van der Waals surface area (Å²) < 4.78 is 23.7. The summed E-state index contributed by atoms with van der Waals surface area (Å²) >= 11 is 12.3. The summed E-state index contributed by atoms with van der Waals surface area (Å²) in [5.74, 6) is 0.733. The maximum absolute atomic E-state index is 12.0. The molecule has 0 heterocycles. The van der Waals surface area contributed by atoms with Gasteiger partial charge in [0.1, 0.15) is 9.84 Å². The largest absolute Gasteiger partial charge is 0.356 e. The molecule has 1 fully saturated rings. The van der Waals surface area contributed by atoms with E-state index >= 15 is 0 Å². The first kappa shape index (κ1) is 25.5. The molecule has 0 radical (unpaired) electrons. The van der Waals surface area contributed by atoms with E-state index in [-0.39, 0.29) is 29.2 Å². The fraction of sp³-hybridized carbons (Fsp3) is 0.696. The lowest BCUT2D eigenvalue weighted by molar-refractivity contribution is -0.121. The zero-order chi connectivity index (χ0) is 22.2. The van der Waals surface area contributed by atoms with Gasteiger partial charge in [0.15, 0.2) is 0 Å². The third-order valence-electron chi connectivity index (χ3n) is 6.21. The highest BCUT2D eigenvalue weighted by Gasteiger charge is 2.39. The van der Waals surface area contributed by atoms with Crippen LogP contribution in [0.15, 0.2) is 18.2 Å². The molecule has 0 saturated heterocycles. The van der Waals surface area contributed by atoms with Crippen LogP contribution < -0.4 is 5.32 Å². The van der Waals surface area contributed by atoms with Gasteiger partial charge >= 0.3 is 0 Å². The van der Waals surface area contributed by atoms with Gasteiger partial charge in [0.25, 0.3) is 0 Å². The Bertz CT molecular complexity index is 807. The number of benzene rings is 1. The molecule has 0 spiro atoms. The van der Waals surface area contributed by atoms with Gasteiger partial charge in [-0.05, 0) is 67.6 Å². The number of carbonyl (C=O) groups excluding carboxylic acids is 1. The van der Waals surface area contributed by atoms with Gasteiger partial charge in [0, 0.05) is 13.0 Å². The van der Waals surface area contributed by atoms with Crippen LogP contribution in [0.25, 0.3) is 0 Å². The lowest BCUT2D eigenvalue weighted by Crippen LogP contribution is -2.36. The molecule has 4 nitrogen and oxygen atoms in total. The van der Waals surface area contributed by atoms with E-state index in [0.29, 0.717) is 35.3 Å². The van der Waals surface area contributed by atoms with Crippen LogP contribution in [0.5, 0.6) is 0 Å². The van der Waals surface area contributed by atoms with Gasteiger partial charge in [-0.2, -0.15) is 0 Å². The van der Waals surface area contributed by atoms with Gasteiger partial charge < -0.3 is 5.32 Å². The molecule has 30 heavy (non-hydrogen) atoms. The lowest BCUT2D eigenvalue weighted by Gasteiger charge is -2.44. The smallest absolute Gasteiger partial charge is 0.220 e. The van der Waals surface area contributed by atoms with Crippen molar-refractivity contribution in [3.8, 4) is 0 Å². The molecule has 2 rings (SSSR count). The van der Waals surface area contributed by atoms with Crippen LogP contribution >= 0.6 is 23.2 Å². The van der Waals surface area contributed by atoms with Crippen LogP contribution in [-0.4, -0.2) is 32.4 Å². The monoisotopic (exact) mass is 475 g/mol. The maximum Gasteiger partial charge on any atom is 0.220 e. The van der Waals surface area contributed by atoms with Crippen molar-refractivity contribution in [3.63, 3.8) is 0 Å². The minimum Gasteiger partial charge on any atom is -0.356 e. The standard InChI is InChI=1S/C23H35Cl2NO3S/c1-3-4-14-30(28,29)15-5-7-22(27)26-13-10-18(2)17-23(11-6-12-23)19-8-9-20(24)21(25)16-19/h8-9,16,18H,3-7,10-15,17H2,1-2H3,(H,26,27). The first-order valence-electron chi connectivity index (χ1n) is 11.1. The number of nitrogens with one attached hydrogen (secondary N) is 1. The number of rotatable bonds is 13. The predicted octanol–water partition coefficient (Wildman–Crippen LogP) is 5.94.